The van der Waals surface area contributed by atoms with E-state index in [4.69, 9.17) is 4.74 Å². The normalized spacial score (nSPS) is 10.4. The van der Waals surface area contributed by atoms with E-state index < -0.39 is 0 Å². The van der Waals surface area contributed by atoms with E-state index >= 15 is 0 Å². The van der Waals surface area contributed by atoms with Crippen LogP contribution in [0.4, 0.5) is 5.69 Å². The van der Waals surface area contributed by atoms with E-state index in [1.165, 1.54) is 7.11 Å². The molecule has 2 rings (SSSR count). The van der Waals surface area contributed by atoms with Gasteiger partial charge in [0.1, 0.15) is 0 Å². The van der Waals surface area contributed by atoms with E-state index in [2.05, 4.69) is 0 Å². The fourth-order valence-corrected chi connectivity index (χ4v) is 2.76. The number of hydrogen-bond donors (Lipinski definition) is 0. The van der Waals surface area contributed by atoms with Crippen LogP contribution < -0.4 is 0 Å². The maximum absolute atomic E-state index is 11.7. The fourth-order valence-electron chi connectivity index (χ4n) is 2.76. The molecule has 0 spiro atoms. The molecule has 24 heavy (non-hydrogen) atoms. The smallest absolute Gasteiger partial charge is 0.338 e. The topological polar surface area (TPSA) is 69.4 Å². The highest BCUT2D eigenvalue weighted by atomic mass is 16.6. The standard InChI is InChI=1S/C19H21NO4/c1-24-19(21)17-13-7-5-10-15(17)9-3-2-4-11-16-12-6-8-14-18(16)20(22)23/h5-8,10,12-14H,2-4,9,11H2,1H3. The quantitative estimate of drug-likeness (QED) is 0.313. The summed E-state index contributed by atoms with van der Waals surface area (Å²) in [5.74, 6) is -0.314. The third-order valence-corrected chi connectivity index (χ3v) is 4.00. The first kappa shape index (κ1) is 17.7. The molecule has 0 aliphatic heterocycles. The van der Waals surface area contributed by atoms with E-state index in [9.17, 15) is 14.9 Å². The number of rotatable bonds is 8. The Morgan fingerprint density at radius 1 is 0.958 bits per heavy atom. The minimum Gasteiger partial charge on any atom is -0.465 e. The molecule has 0 radical (unpaired) electrons. The van der Waals surface area contributed by atoms with E-state index in [1.54, 1.807) is 18.2 Å². The Kier molecular flexibility index (Phi) is 6.49. The average molecular weight is 327 g/mol. The van der Waals surface area contributed by atoms with Crippen LogP contribution in [0.5, 0.6) is 0 Å². The third kappa shape index (κ3) is 4.65. The van der Waals surface area contributed by atoms with Crippen LogP contribution in [0, 0.1) is 10.1 Å². The summed E-state index contributed by atoms with van der Waals surface area (Å²) in [6, 6.07) is 14.3. The highest BCUT2D eigenvalue weighted by Crippen LogP contribution is 2.20. The van der Waals surface area contributed by atoms with Crippen molar-refractivity contribution < 1.29 is 14.5 Å². The lowest BCUT2D eigenvalue weighted by atomic mass is 9.99. The lowest BCUT2D eigenvalue weighted by Gasteiger charge is -2.07. The SMILES string of the molecule is COC(=O)c1ccccc1CCCCCc1ccccc1[N+](=O)[O-]. The summed E-state index contributed by atoms with van der Waals surface area (Å²) in [5, 5.41) is 11.0. The van der Waals surface area contributed by atoms with Crippen LogP contribution in [-0.4, -0.2) is 18.0 Å². The van der Waals surface area contributed by atoms with E-state index in [0.717, 1.165) is 36.8 Å². The Morgan fingerprint density at radius 2 is 1.54 bits per heavy atom. The number of carbonyl (C=O) groups excluding carboxylic acids is 1. The molecule has 0 heterocycles. The van der Waals surface area contributed by atoms with Gasteiger partial charge in [-0.05, 0) is 37.3 Å². The van der Waals surface area contributed by atoms with E-state index in [-0.39, 0.29) is 16.6 Å². The van der Waals surface area contributed by atoms with Gasteiger partial charge in [-0.15, -0.1) is 0 Å². The Labute approximate surface area is 141 Å². The monoisotopic (exact) mass is 327 g/mol. The van der Waals surface area contributed by atoms with Crippen molar-refractivity contribution in [2.45, 2.75) is 32.1 Å². The van der Waals surface area contributed by atoms with Gasteiger partial charge in [0, 0.05) is 11.6 Å². The molecule has 0 aliphatic carbocycles. The summed E-state index contributed by atoms with van der Waals surface area (Å²) in [7, 11) is 1.38. The first-order chi connectivity index (χ1) is 11.6. The first-order valence-electron chi connectivity index (χ1n) is 8.02. The molecule has 5 nitrogen and oxygen atoms in total. The lowest BCUT2D eigenvalue weighted by Crippen LogP contribution is -2.05. The summed E-state index contributed by atoms with van der Waals surface area (Å²) >= 11 is 0. The number of nitrogens with zero attached hydrogens (tertiary/aromatic N) is 1. The van der Waals surface area contributed by atoms with Crippen LogP contribution in [0.3, 0.4) is 0 Å². The van der Waals surface area contributed by atoms with Gasteiger partial charge in [0.25, 0.3) is 5.69 Å². The van der Waals surface area contributed by atoms with Gasteiger partial charge in [-0.3, -0.25) is 10.1 Å². The van der Waals surface area contributed by atoms with Crippen molar-refractivity contribution in [3.8, 4) is 0 Å². The predicted octanol–water partition coefficient (Wildman–Crippen LogP) is 4.34. The second-order valence-corrected chi connectivity index (χ2v) is 5.60. The largest absolute Gasteiger partial charge is 0.465 e. The second kappa shape index (κ2) is 8.82. The summed E-state index contributed by atoms with van der Waals surface area (Å²) in [4.78, 5) is 22.4. The lowest BCUT2D eigenvalue weighted by molar-refractivity contribution is -0.385. The van der Waals surface area contributed by atoms with Crippen LogP contribution in [0.1, 0.15) is 40.7 Å². The molecular weight excluding hydrogens is 306 g/mol. The zero-order chi connectivity index (χ0) is 17.4. The summed E-state index contributed by atoms with van der Waals surface area (Å²) in [6.07, 6.45) is 4.24. The van der Waals surface area contributed by atoms with Crippen LogP contribution >= 0.6 is 0 Å². The van der Waals surface area contributed by atoms with Gasteiger partial charge in [0.2, 0.25) is 0 Å². The molecule has 0 N–H and O–H groups in total. The number of aryl methyl sites for hydroxylation is 2. The predicted molar refractivity (Wildman–Crippen MR) is 92.1 cm³/mol. The van der Waals surface area contributed by atoms with Crippen LogP contribution in [-0.2, 0) is 17.6 Å². The van der Waals surface area contributed by atoms with Crippen molar-refractivity contribution >= 4 is 11.7 Å². The Bertz CT molecular complexity index is 712. The van der Waals surface area contributed by atoms with Gasteiger partial charge in [0.15, 0.2) is 0 Å². The number of nitro benzene ring substituents is 1. The van der Waals surface area contributed by atoms with Gasteiger partial charge in [-0.2, -0.15) is 0 Å². The highest BCUT2D eigenvalue weighted by Gasteiger charge is 2.12. The van der Waals surface area contributed by atoms with Gasteiger partial charge in [0.05, 0.1) is 17.6 Å². The van der Waals surface area contributed by atoms with Crippen molar-refractivity contribution in [2.75, 3.05) is 7.11 Å². The van der Waals surface area contributed by atoms with Crippen molar-refractivity contribution in [1.82, 2.24) is 0 Å². The number of carbonyl (C=O) groups is 1. The summed E-state index contributed by atoms with van der Waals surface area (Å²) in [5.41, 5.74) is 2.56. The van der Waals surface area contributed by atoms with E-state index in [1.807, 2.05) is 30.3 Å². The van der Waals surface area contributed by atoms with Crippen LogP contribution in [0.2, 0.25) is 0 Å². The van der Waals surface area contributed by atoms with Crippen molar-refractivity contribution in [3.05, 3.63) is 75.3 Å². The second-order valence-electron chi connectivity index (χ2n) is 5.60. The molecule has 5 heteroatoms. The zero-order valence-electron chi connectivity index (χ0n) is 13.7. The third-order valence-electron chi connectivity index (χ3n) is 4.00. The number of esters is 1. The summed E-state index contributed by atoms with van der Waals surface area (Å²) < 4.78 is 4.80. The first-order valence-corrected chi connectivity index (χ1v) is 8.02. The molecule has 2 aromatic carbocycles. The number of unbranched alkanes of at least 4 members (excludes halogenated alkanes) is 2. The van der Waals surface area contributed by atoms with Crippen molar-refractivity contribution in [3.63, 3.8) is 0 Å². The molecule has 126 valence electrons. The molecule has 0 saturated carbocycles. The number of para-hydroxylation sites is 1. The van der Waals surface area contributed by atoms with Gasteiger partial charge in [-0.1, -0.05) is 42.8 Å². The fraction of sp³-hybridized carbons (Fsp3) is 0.316. The molecular formula is C19H21NO4. The Morgan fingerprint density at radius 3 is 2.21 bits per heavy atom. The number of hydrogen-bond acceptors (Lipinski definition) is 4. The molecule has 2 aromatic rings. The van der Waals surface area contributed by atoms with E-state index in [0.29, 0.717) is 12.0 Å². The van der Waals surface area contributed by atoms with Crippen LogP contribution in [0.25, 0.3) is 0 Å². The maximum atomic E-state index is 11.7. The molecule has 0 atom stereocenters. The van der Waals surface area contributed by atoms with Crippen molar-refractivity contribution in [2.24, 2.45) is 0 Å². The Hall–Kier alpha value is -2.69. The maximum Gasteiger partial charge on any atom is 0.338 e. The minimum absolute atomic E-state index is 0.188. The Balaban J connectivity index is 1.84. The molecule has 0 amide bonds. The molecule has 0 unspecified atom stereocenters. The van der Waals surface area contributed by atoms with Gasteiger partial charge < -0.3 is 4.74 Å². The molecule has 0 saturated heterocycles. The molecule has 0 aromatic heterocycles. The van der Waals surface area contributed by atoms with Crippen molar-refractivity contribution in [1.29, 1.82) is 0 Å². The number of methoxy groups -OCH3 is 1. The number of ether oxygens (including phenoxy) is 1. The number of benzene rings is 2. The zero-order valence-corrected chi connectivity index (χ0v) is 13.7. The molecule has 0 bridgehead atoms. The molecule has 0 fully saturated rings. The average Bonchev–Trinajstić information content (AvgIpc) is 2.61. The highest BCUT2D eigenvalue weighted by molar-refractivity contribution is 5.90. The van der Waals surface area contributed by atoms with Crippen LogP contribution in [0.15, 0.2) is 48.5 Å². The van der Waals surface area contributed by atoms with Gasteiger partial charge in [-0.25, -0.2) is 4.79 Å². The van der Waals surface area contributed by atoms with Gasteiger partial charge >= 0.3 is 5.97 Å². The number of nitro groups is 1. The summed E-state index contributed by atoms with van der Waals surface area (Å²) in [6.45, 7) is 0. The minimum atomic E-state index is -0.331. The molecule has 0 aliphatic rings.